The third-order valence-corrected chi connectivity index (χ3v) is 5.21. The molecule has 1 aromatic carbocycles. The standard InChI is InChI=1S/C12H14F2N2O3S/c13-9-5-10(14)7-11(6-9)20(18,19)16-3-1-8(2-4-16)12(15)17/h5-8H,1-4H2,(H2,15,17). The topological polar surface area (TPSA) is 80.5 Å². The quantitative estimate of drug-likeness (QED) is 0.899. The molecule has 2 rings (SSSR count). The van der Waals surface area contributed by atoms with E-state index < -0.39 is 32.5 Å². The molecule has 1 heterocycles. The van der Waals surface area contributed by atoms with E-state index in [1.165, 1.54) is 0 Å². The van der Waals surface area contributed by atoms with Crippen molar-refractivity contribution >= 4 is 15.9 Å². The van der Waals surface area contributed by atoms with Gasteiger partial charge in [0.1, 0.15) is 11.6 Å². The summed E-state index contributed by atoms with van der Waals surface area (Å²) < 4.78 is 51.8. The Morgan fingerprint density at radius 2 is 1.65 bits per heavy atom. The first-order chi connectivity index (χ1) is 9.30. The molecule has 5 nitrogen and oxygen atoms in total. The molecule has 1 aliphatic heterocycles. The number of benzene rings is 1. The average molecular weight is 304 g/mol. The van der Waals surface area contributed by atoms with E-state index in [1.807, 2.05) is 0 Å². The van der Waals surface area contributed by atoms with Crippen LogP contribution < -0.4 is 5.73 Å². The zero-order valence-corrected chi connectivity index (χ0v) is 11.4. The fraction of sp³-hybridized carbons (Fsp3) is 0.417. The molecule has 0 unspecified atom stereocenters. The first-order valence-electron chi connectivity index (χ1n) is 6.06. The first-order valence-corrected chi connectivity index (χ1v) is 7.50. The number of primary amides is 1. The minimum absolute atomic E-state index is 0.105. The van der Waals surface area contributed by atoms with Gasteiger partial charge in [-0.2, -0.15) is 4.31 Å². The summed E-state index contributed by atoms with van der Waals surface area (Å²) in [5, 5.41) is 0. The largest absolute Gasteiger partial charge is 0.369 e. The van der Waals surface area contributed by atoms with Crippen molar-refractivity contribution < 1.29 is 22.0 Å². The van der Waals surface area contributed by atoms with E-state index in [2.05, 4.69) is 0 Å². The molecule has 1 aliphatic rings. The number of carbonyl (C=O) groups is 1. The fourth-order valence-corrected chi connectivity index (χ4v) is 3.72. The Morgan fingerprint density at radius 1 is 1.15 bits per heavy atom. The average Bonchev–Trinajstić information content (AvgIpc) is 2.37. The predicted octanol–water partition coefficient (Wildman–Crippen LogP) is 0.851. The maximum atomic E-state index is 13.1. The van der Waals surface area contributed by atoms with E-state index >= 15 is 0 Å². The first kappa shape index (κ1) is 14.9. The van der Waals surface area contributed by atoms with Gasteiger partial charge in [0, 0.05) is 25.1 Å². The molecule has 0 aromatic heterocycles. The number of piperidine rings is 1. The van der Waals surface area contributed by atoms with Gasteiger partial charge < -0.3 is 5.73 Å². The van der Waals surface area contributed by atoms with Crippen LogP contribution in [0.3, 0.4) is 0 Å². The summed E-state index contributed by atoms with van der Waals surface area (Å²) in [6, 6.07) is 2.16. The molecule has 0 bridgehead atoms. The van der Waals surface area contributed by atoms with Crippen LogP contribution in [0, 0.1) is 17.6 Å². The normalized spacial score (nSPS) is 18.1. The summed E-state index contributed by atoms with van der Waals surface area (Å²) >= 11 is 0. The van der Waals surface area contributed by atoms with Crippen LogP contribution in [0.15, 0.2) is 23.1 Å². The van der Waals surface area contributed by atoms with Gasteiger partial charge in [-0.25, -0.2) is 17.2 Å². The summed E-state index contributed by atoms with van der Waals surface area (Å²) in [6.07, 6.45) is 0.624. The molecule has 0 radical (unpaired) electrons. The molecule has 110 valence electrons. The monoisotopic (exact) mass is 304 g/mol. The number of hydrogen-bond acceptors (Lipinski definition) is 3. The number of sulfonamides is 1. The highest BCUT2D eigenvalue weighted by molar-refractivity contribution is 7.89. The van der Waals surface area contributed by atoms with Crippen molar-refractivity contribution in [1.82, 2.24) is 4.31 Å². The van der Waals surface area contributed by atoms with Crippen LogP contribution in [0.25, 0.3) is 0 Å². The van der Waals surface area contributed by atoms with E-state index in [4.69, 9.17) is 5.73 Å². The van der Waals surface area contributed by atoms with E-state index in [9.17, 15) is 22.0 Å². The van der Waals surface area contributed by atoms with Crippen molar-refractivity contribution in [3.63, 3.8) is 0 Å². The summed E-state index contributed by atoms with van der Waals surface area (Å²) in [6.45, 7) is 0.210. The molecule has 1 amide bonds. The number of nitrogens with two attached hydrogens (primary N) is 1. The smallest absolute Gasteiger partial charge is 0.243 e. The number of amides is 1. The number of hydrogen-bond donors (Lipinski definition) is 1. The summed E-state index contributed by atoms with van der Waals surface area (Å²) in [4.78, 5) is 10.6. The minimum Gasteiger partial charge on any atom is -0.369 e. The second-order valence-corrected chi connectivity index (χ2v) is 6.62. The highest BCUT2D eigenvalue weighted by Crippen LogP contribution is 2.24. The SMILES string of the molecule is NC(=O)C1CCN(S(=O)(=O)c2cc(F)cc(F)c2)CC1. The molecule has 0 atom stereocenters. The van der Waals surface area contributed by atoms with Gasteiger partial charge in [-0.3, -0.25) is 4.79 Å². The highest BCUT2D eigenvalue weighted by atomic mass is 32.2. The van der Waals surface area contributed by atoms with Gasteiger partial charge in [-0.15, -0.1) is 0 Å². The van der Waals surface area contributed by atoms with Gasteiger partial charge >= 0.3 is 0 Å². The molecular formula is C12H14F2N2O3S. The van der Waals surface area contributed by atoms with Gasteiger partial charge in [-0.05, 0) is 25.0 Å². The lowest BCUT2D eigenvalue weighted by atomic mass is 9.98. The van der Waals surface area contributed by atoms with Gasteiger partial charge in [0.25, 0.3) is 0 Å². The molecule has 8 heteroatoms. The molecule has 1 aromatic rings. The lowest BCUT2D eigenvalue weighted by Crippen LogP contribution is -2.41. The maximum Gasteiger partial charge on any atom is 0.243 e. The highest BCUT2D eigenvalue weighted by Gasteiger charge is 2.31. The zero-order chi connectivity index (χ0) is 14.9. The van der Waals surface area contributed by atoms with Gasteiger partial charge in [-0.1, -0.05) is 0 Å². The predicted molar refractivity (Wildman–Crippen MR) is 67.0 cm³/mol. The van der Waals surface area contributed by atoms with Crippen molar-refractivity contribution in [2.45, 2.75) is 17.7 Å². The molecular weight excluding hydrogens is 290 g/mol. The molecule has 0 saturated carbocycles. The van der Waals surface area contributed by atoms with Gasteiger partial charge in [0.05, 0.1) is 4.90 Å². The second kappa shape index (κ2) is 5.45. The van der Waals surface area contributed by atoms with E-state index in [1.54, 1.807) is 0 Å². The van der Waals surface area contributed by atoms with Crippen molar-refractivity contribution in [2.24, 2.45) is 11.7 Å². The Kier molecular flexibility index (Phi) is 4.05. The maximum absolute atomic E-state index is 13.1. The number of rotatable bonds is 3. The molecule has 0 spiro atoms. The van der Waals surface area contributed by atoms with Crippen LogP contribution in [-0.4, -0.2) is 31.7 Å². The van der Waals surface area contributed by atoms with Crippen molar-refractivity contribution in [3.05, 3.63) is 29.8 Å². The third kappa shape index (κ3) is 2.96. The van der Waals surface area contributed by atoms with Crippen LogP contribution >= 0.6 is 0 Å². The Hall–Kier alpha value is -1.54. The molecule has 2 N–H and O–H groups in total. The van der Waals surface area contributed by atoms with E-state index in [-0.39, 0.29) is 19.0 Å². The summed E-state index contributed by atoms with van der Waals surface area (Å²) in [5.41, 5.74) is 5.17. The Labute approximate surface area is 115 Å². The fourth-order valence-electron chi connectivity index (χ4n) is 2.21. The van der Waals surface area contributed by atoms with Gasteiger partial charge in [0.15, 0.2) is 0 Å². The van der Waals surface area contributed by atoms with Crippen molar-refractivity contribution in [2.75, 3.05) is 13.1 Å². The second-order valence-electron chi connectivity index (χ2n) is 4.69. The molecule has 20 heavy (non-hydrogen) atoms. The molecule has 0 aliphatic carbocycles. The Bertz CT molecular complexity index is 605. The molecule has 1 fully saturated rings. The van der Waals surface area contributed by atoms with Crippen molar-refractivity contribution in [1.29, 1.82) is 0 Å². The van der Waals surface area contributed by atoms with Gasteiger partial charge in [0.2, 0.25) is 15.9 Å². The number of halogens is 2. The number of carbonyl (C=O) groups excluding carboxylic acids is 1. The summed E-state index contributed by atoms with van der Waals surface area (Å²) in [7, 11) is -3.95. The lowest BCUT2D eigenvalue weighted by molar-refractivity contribution is -0.122. The van der Waals surface area contributed by atoms with Crippen LogP contribution in [0.4, 0.5) is 8.78 Å². The van der Waals surface area contributed by atoms with Crippen LogP contribution in [0.1, 0.15) is 12.8 Å². The number of nitrogens with zero attached hydrogens (tertiary/aromatic N) is 1. The Morgan fingerprint density at radius 3 is 2.10 bits per heavy atom. The minimum atomic E-state index is -3.95. The Balaban J connectivity index is 2.21. The lowest BCUT2D eigenvalue weighted by Gasteiger charge is -2.29. The van der Waals surface area contributed by atoms with Crippen LogP contribution in [0.2, 0.25) is 0 Å². The molecule has 1 saturated heterocycles. The summed E-state index contributed by atoms with van der Waals surface area (Å²) in [5.74, 6) is -2.71. The zero-order valence-electron chi connectivity index (χ0n) is 10.6. The van der Waals surface area contributed by atoms with E-state index in [0.29, 0.717) is 18.9 Å². The van der Waals surface area contributed by atoms with Crippen molar-refractivity contribution in [3.8, 4) is 0 Å². The van der Waals surface area contributed by atoms with Crippen LogP contribution in [-0.2, 0) is 14.8 Å². The van der Waals surface area contributed by atoms with Crippen LogP contribution in [0.5, 0.6) is 0 Å². The third-order valence-electron chi connectivity index (χ3n) is 3.33. The van der Waals surface area contributed by atoms with E-state index in [0.717, 1.165) is 16.4 Å².